The minimum atomic E-state index is -3.93. The molecule has 2 aliphatic carbocycles. The number of para-hydroxylation sites is 1. The minimum absolute atomic E-state index is 0.0939. The molecule has 1 aliphatic heterocycles. The van der Waals surface area contributed by atoms with Crippen molar-refractivity contribution in [2.24, 2.45) is 11.3 Å². The molecule has 3 fully saturated rings. The quantitative estimate of drug-likeness (QED) is 0.239. The van der Waals surface area contributed by atoms with E-state index >= 15 is 0 Å². The highest BCUT2D eigenvalue weighted by atomic mass is 32.2. The number of carbonyl (C=O) groups is 5. The van der Waals surface area contributed by atoms with Crippen LogP contribution in [0.2, 0.25) is 0 Å². The van der Waals surface area contributed by atoms with Gasteiger partial charge in [0.1, 0.15) is 40.8 Å². The number of aryl methyl sites for hydroxylation is 1. The van der Waals surface area contributed by atoms with Gasteiger partial charge in [0.2, 0.25) is 21.8 Å². The third-order valence-electron chi connectivity index (χ3n) is 9.31. The lowest BCUT2D eigenvalue weighted by Crippen LogP contribution is -2.60. The monoisotopic (exact) mass is 755 g/mol. The first-order valence-electron chi connectivity index (χ1n) is 17.6. The van der Waals surface area contributed by atoms with Crippen molar-refractivity contribution in [1.82, 2.24) is 20.3 Å². The van der Waals surface area contributed by atoms with Crippen LogP contribution in [-0.4, -0.2) is 84.3 Å². The van der Waals surface area contributed by atoms with Gasteiger partial charge < -0.3 is 29.4 Å². The summed E-state index contributed by atoms with van der Waals surface area (Å²) in [6.45, 7) is 15.5. The summed E-state index contributed by atoms with van der Waals surface area (Å²) in [5.74, 6) is -1.68. The van der Waals surface area contributed by atoms with E-state index < -0.39 is 85.8 Å². The number of benzene rings is 1. The number of anilines is 1. The van der Waals surface area contributed by atoms with Crippen LogP contribution >= 0.6 is 0 Å². The molecule has 5 unspecified atom stereocenters. The van der Waals surface area contributed by atoms with E-state index in [4.69, 9.17) is 13.9 Å². The zero-order valence-corrected chi connectivity index (χ0v) is 31.9. The fourth-order valence-electron chi connectivity index (χ4n) is 6.31. The van der Waals surface area contributed by atoms with Gasteiger partial charge >= 0.3 is 12.2 Å². The van der Waals surface area contributed by atoms with Gasteiger partial charge in [0, 0.05) is 17.9 Å². The van der Waals surface area contributed by atoms with Crippen LogP contribution in [-0.2, 0) is 33.9 Å². The van der Waals surface area contributed by atoms with Crippen LogP contribution in [0.5, 0.6) is 0 Å². The highest BCUT2D eigenvalue weighted by molar-refractivity contribution is 7.91. The average molecular weight is 756 g/mol. The number of amides is 5. The number of hydrogen-bond acceptors (Lipinski definition) is 10. The molecular weight excluding hydrogens is 706 g/mol. The summed E-state index contributed by atoms with van der Waals surface area (Å²) in [6.07, 6.45) is -0.441. The molecule has 16 heteroatoms. The number of nitrogens with zero attached hydrogens (tertiary/aromatic N) is 1. The summed E-state index contributed by atoms with van der Waals surface area (Å²) in [5, 5.41) is 7.40. The van der Waals surface area contributed by atoms with Crippen molar-refractivity contribution >= 4 is 45.6 Å². The summed E-state index contributed by atoms with van der Waals surface area (Å²) in [7, 11) is -3.93. The maximum Gasteiger partial charge on any atom is 0.411 e. The van der Waals surface area contributed by atoms with Gasteiger partial charge in [-0.15, -0.1) is 6.58 Å². The summed E-state index contributed by atoms with van der Waals surface area (Å²) in [4.78, 5) is 69.4. The first-order chi connectivity index (χ1) is 24.6. The maximum atomic E-state index is 14.4. The van der Waals surface area contributed by atoms with Gasteiger partial charge in [-0.1, -0.05) is 39.0 Å². The molecule has 15 nitrogen and oxygen atoms in total. The van der Waals surface area contributed by atoms with E-state index in [1.165, 1.54) is 11.0 Å². The number of nitrogens with one attached hydrogen (secondary N) is 4. The van der Waals surface area contributed by atoms with Crippen molar-refractivity contribution in [2.45, 2.75) is 109 Å². The third kappa shape index (κ3) is 9.21. The van der Waals surface area contributed by atoms with Crippen LogP contribution in [0.3, 0.4) is 0 Å². The molecule has 4 N–H and O–H groups in total. The van der Waals surface area contributed by atoms with E-state index in [0.29, 0.717) is 35.6 Å². The Morgan fingerprint density at radius 1 is 1.02 bits per heavy atom. The molecule has 2 heterocycles. The van der Waals surface area contributed by atoms with Crippen LogP contribution < -0.4 is 20.7 Å². The molecule has 3 aliphatic rings. The molecule has 288 valence electrons. The molecule has 53 heavy (non-hydrogen) atoms. The van der Waals surface area contributed by atoms with Gasteiger partial charge in [-0.25, -0.2) is 18.0 Å². The lowest BCUT2D eigenvalue weighted by Gasteiger charge is -2.36. The summed E-state index contributed by atoms with van der Waals surface area (Å²) in [5.41, 5.74) is -2.34. The number of carbonyl (C=O) groups excluding carboxylic acids is 5. The average Bonchev–Trinajstić information content (AvgIpc) is 3.94. The number of furan rings is 1. The fourth-order valence-corrected chi connectivity index (χ4v) is 7.67. The van der Waals surface area contributed by atoms with E-state index in [-0.39, 0.29) is 19.4 Å². The van der Waals surface area contributed by atoms with Crippen molar-refractivity contribution in [1.29, 1.82) is 0 Å². The Hall–Kier alpha value is -4.86. The number of rotatable bonds is 11. The van der Waals surface area contributed by atoms with E-state index in [1.54, 1.807) is 84.9 Å². The minimum Gasteiger partial charge on any atom is -0.461 e. The molecule has 2 aromatic rings. The zero-order chi connectivity index (χ0) is 39.1. The van der Waals surface area contributed by atoms with Crippen LogP contribution in [0, 0.1) is 18.3 Å². The fraction of sp³-hybridized carbons (Fsp3) is 0.541. The second kappa shape index (κ2) is 14.5. The van der Waals surface area contributed by atoms with Crippen LogP contribution in [0.25, 0.3) is 11.3 Å². The Labute approximate surface area is 309 Å². The molecular formula is C37H49N5O10S. The molecule has 0 bridgehead atoms. The maximum absolute atomic E-state index is 14.4. The Bertz CT molecular complexity index is 1890. The van der Waals surface area contributed by atoms with Gasteiger partial charge in [0.15, 0.2) is 0 Å². The second-order valence-electron chi connectivity index (χ2n) is 16.0. The first kappa shape index (κ1) is 39.3. The van der Waals surface area contributed by atoms with Gasteiger partial charge in [0.05, 0.1) is 17.5 Å². The predicted molar refractivity (Wildman–Crippen MR) is 195 cm³/mol. The van der Waals surface area contributed by atoms with Crippen molar-refractivity contribution in [2.75, 3.05) is 11.9 Å². The molecule has 1 aromatic carbocycles. The van der Waals surface area contributed by atoms with Crippen LogP contribution in [0.15, 0.2) is 53.5 Å². The normalized spacial score (nSPS) is 23.3. The van der Waals surface area contributed by atoms with E-state index in [9.17, 15) is 32.4 Å². The van der Waals surface area contributed by atoms with Crippen LogP contribution in [0.1, 0.15) is 73.0 Å². The standard InChI is InChI=1S/C37H49N5O10S/c1-9-22-19-37(22,32(45)41-53(48,49)24-15-16-24)40-30(43)27-18-23(20-42(27)31(44)29(35(3,4)5)39-34(47)52-36(6,7)8)51-33(46)38-26-13-11-10-12-25(26)28-17-14-21(2)50-28/h9-14,17,22-24,27,29H,1,15-16,18-20H2,2-8H3,(H,38,46)(H,39,47)(H,40,43)(H,41,45). The number of alkyl carbamates (subject to hydrolysis) is 1. The molecule has 1 aromatic heterocycles. The van der Waals surface area contributed by atoms with Crippen molar-refractivity contribution in [3.05, 3.63) is 54.8 Å². The highest BCUT2D eigenvalue weighted by Crippen LogP contribution is 2.45. The molecule has 0 spiro atoms. The van der Waals surface area contributed by atoms with Crippen molar-refractivity contribution in [3.63, 3.8) is 0 Å². The molecule has 0 radical (unpaired) electrons. The molecule has 5 rings (SSSR count). The topological polar surface area (TPSA) is 202 Å². The van der Waals surface area contributed by atoms with Gasteiger partial charge in [-0.2, -0.15) is 0 Å². The number of sulfonamides is 1. The molecule has 5 atom stereocenters. The number of likely N-dealkylation sites (tertiary alicyclic amines) is 1. The van der Waals surface area contributed by atoms with E-state index in [2.05, 4.69) is 27.3 Å². The molecule has 1 saturated heterocycles. The summed E-state index contributed by atoms with van der Waals surface area (Å²) >= 11 is 0. The number of ether oxygens (including phenoxy) is 2. The summed E-state index contributed by atoms with van der Waals surface area (Å²) in [6, 6.07) is 8.05. The lowest BCUT2D eigenvalue weighted by molar-refractivity contribution is -0.143. The second-order valence-corrected chi connectivity index (χ2v) is 17.9. The van der Waals surface area contributed by atoms with E-state index in [0.717, 1.165) is 0 Å². The SMILES string of the molecule is C=CC1CC1(NC(=O)C1CC(OC(=O)Nc2ccccc2-c2ccc(C)o2)CN1C(=O)C(NC(=O)OC(C)(C)C)C(C)(C)C)C(=O)NS(=O)(=O)C1CC1. The highest BCUT2D eigenvalue weighted by Gasteiger charge is 2.62. The van der Waals surface area contributed by atoms with Crippen LogP contribution in [0.4, 0.5) is 15.3 Å². The Kier molecular flexibility index (Phi) is 10.8. The van der Waals surface area contributed by atoms with Gasteiger partial charge in [0.25, 0.3) is 5.91 Å². The first-order valence-corrected chi connectivity index (χ1v) is 19.1. The van der Waals surface area contributed by atoms with E-state index in [1.807, 2.05) is 0 Å². The largest absolute Gasteiger partial charge is 0.461 e. The summed E-state index contributed by atoms with van der Waals surface area (Å²) < 4.78 is 44.4. The van der Waals surface area contributed by atoms with Gasteiger partial charge in [-0.3, -0.25) is 24.4 Å². The smallest absolute Gasteiger partial charge is 0.411 e. The van der Waals surface area contributed by atoms with Crippen molar-refractivity contribution < 1.29 is 46.3 Å². The molecule has 5 amide bonds. The Balaban J connectivity index is 1.39. The Morgan fingerprint density at radius 2 is 1.70 bits per heavy atom. The predicted octanol–water partition coefficient (Wildman–Crippen LogP) is 4.38. The molecule has 2 saturated carbocycles. The Morgan fingerprint density at radius 3 is 2.26 bits per heavy atom. The van der Waals surface area contributed by atoms with Crippen molar-refractivity contribution in [3.8, 4) is 11.3 Å². The third-order valence-corrected chi connectivity index (χ3v) is 11.1. The zero-order valence-electron chi connectivity index (χ0n) is 31.1. The number of hydrogen-bond donors (Lipinski definition) is 4. The van der Waals surface area contributed by atoms with Gasteiger partial charge in [-0.05, 0) is 76.6 Å². The lowest BCUT2D eigenvalue weighted by atomic mass is 9.85.